The lowest BCUT2D eigenvalue weighted by molar-refractivity contribution is -0.143. The second-order valence-electron chi connectivity index (χ2n) is 3.65. The third-order valence-corrected chi connectivity index (χ3v) is 2.74. The van der Waals surface area contributed by atoms with Gasteiger partial charge >= 0.3 is 5.97 Å². The Morgan fingerprint density at radius 3 is 2.62 bits per heavy atom. The lowest BCUT2D eigenvalue weighted by atomic mass is 9.95. The Morgan fingerprint density at radius 1 is 1.38 bits per heavy atom. The molecule has 0 saturated heterocycles. The topological polar surface area (TPSA) is 38.3 Å². The summed E-state index contributed by atoms with van der Waals surface area (Å²) in [6, 6.07) is 1.57. The zero-order chi connectivity index (χ0) is 11.7. The molecule has 3 nitrogen and oxygen atoms in total. The number of rotatable bonds is 1. The third-order valence-electron chi connectivity index (χ3n) is 2.74. The molecule has 0 saturated carbocycles. The molecule has 2 rings (SSSR count). The van der Waals surface area contributed by atoms with Crippen molar-refractivity contribution in [3.63, 3.8) is 0 Å². The van der Waals surface area contributed by atoms with Crippen molar-refractivity contribution in [2.75, 3.05) is 7.11 Å². The number of hydrogen-bond donors (Lipinski definition) is 1. The lowest BCUT2D eigenvalue weighted by Gasteiger charge is -2.24. The van der Waals surface area contributed by atoms with Gasteiger partial charge in [-0.25, -0.2) is 8.78 Å². The lowest BCUT2D eigenvalue weighted by Crippen LogP contribution is -2.43. The van der Waals surface area contributed by atoms with Gasteiger partial charge in [-0.2, -0.15) is 0 Å². The van der Waals surface area contributed by atoms with Gasteiger partial charge in [0.15, 0.2) is 0 Å². The SMILES string of the molecule is COC(=O)C1Cc2c(F)ccc(F)c2CN1. The van der Waals surface area contributed by atoms with Gasteiger partial charge in [-0.15, -0.1) is 0 Å². The van der Waals surface area contributed by atoms with Crippen molar-refractivity contribution < 1.29 is 18.3 Å². The fraction of sp³-hybridized carbons (Fsp3) is 0.364. The maximum Gasteiger partial charge on any atom is 0.323 e. The van der Waals surface area contributed by atoms with Crippen LogP contribution in [0.1, 0.15) is 11.1 Å². The summed E-state index contributed by atoms with van der Waals surface area (Å²) >= 11 is 0. The second kappa shape index (κ2) is 4.17. The molecule has 1 aromatic carbocycles. The average Bonchev–Trinajstić information content (AvgIpc) is 2.32. The van der Waals surface area contributed by atoms with Gasteiger partial charge < -0.3 is 4.74 Å². The summed E-state index contributed by atoms with van der Waals surface area (Å²) in [6.45, 7) is 0.138. The van der Waals surface area contributed by atoms with Crippen molar-refractivity contribution in [1.29, 1.82) is 0 Å². The van der Waals surface area contributed by atoms with E-state index in [-0.39, 0.29) is 18.5 Å². The molecule has 0 bridgehead atoms. The molecule has 0 fully saturated rings. The Bertz CT molecular complexity index is 434. The van der Waals surface area contributed by atoms with Crippen molar-refractivity contribution >= 4 is 5.97 Å². The van der Waals surface area contributed by atoms with Gasteiger partial charge in [0.2, 0.25) is 0 Å². The number of ether oxygens (including phenoxy) is 1. The van der Waals surface area contributed by atoms with E-state index >= 15 is 0 Å². The standard InChI is InChI=1S/C11H11F2NO2/c1-16-11(15)10-4-6-7(5-14-10)9(13)3-2-8(6)12/h2-3,10,14H,4-5H2,1H3. The van der Waals surface area contributed by atoms with E-state index in [0.29, 0.717) is 5.56 Å². The highest BCUT2D eigenvalue weighted by molar-refractivity contribution is 5.76. The molecule has 1 unspecified atom stereocenters. The molecule has 0 spiro atoms. The number of halogens is 2. The number of esters is 1. The van der Waals surface area contributed by atoms with Crippen LogP contribution in [-0.2, 0) is 22.5 Å². The van der Waals surface area contributed by atoms with Gasteiger partial charge in [0.1, 0.15) is 17.7 Å². The second-order valence-corrected chi connectivity index (χ2v) is 3.65. The highest BCUT2D eigenvalue weighted by Gasteiger charge is 2.28. The van der Waals surface area contributed by atoms with Crippen molar-refractivity contribution in [1.82, 2.24) is 5.32 Å². The highest BCUT2D eigenvalue weighted by Crippen LogP contribution is 2.23. The molecular formula is C11H11F2NO2. The molecule has 1 atom stereocenters. The molecule has 1 aliphatic heterocycles. The Labute approximate surface area is 91.4 Å². The smallest absolute Gasteiger partial charge is 0.323 e. The largest absolute Gasteiger partial charge is 0.468 e. The Balaban J connectivity index is 2.33. The van der Waals surface area contributed by atoms with E-state index in [1.165, 1.54) is 7.11 Å². The van der Waals surface area contributed by atoms with Crippen molar-refractivity contribution in [2.45, 2.75) is 19.0 Å². The van der Waals surface area contributed by atoms with E-state index in [0.717, 1.165) is 12.1 Å². The normalized spacial score (nSPS) is 19.1. The zero-order valence-corrected chi connectivity index (χ0v) is 8.72. The van der Waals surface area contributed by atoms with Crippen molar-refractivity contribution in [3.05, 3.63) is 34.9 Å². The minimum atomic E-state index is -0.603. The van der Waals surface area contributed by atoms with E-state index in [9.17, 15) is 13.6 Å². The van der Waals surface area contributed by atoms with Gasteiger partial charge in [-0.1, -0.05) is 0 Å². The maximum atomic E-state index is 13.4. The van der Waals surface area contributed by atoms with Crippen LogP contribution in [0, 0.1) is 11.6 Å². The molecule has 0 aromatic heterocycles. The number of nitrogens with one attached hydrogen (secondary N) is 1. The number of benzene rings is 1. The first-order valence-electron chi connectivity index (χ1n) is 4.90. The predicted molar refractivity (Wildman–Crippen MR) is 52.7 cm³/mol. The van der Waals surface area contributed by atoms with Gasteiger partial charge in [0.25, 0.3) is 0 Å². The van der Waals surface area contributed by atoms with Crippen LogP contribution in [0.4, 0.5) is 8.78 Å². The van der Waals surface area contributed by atoms with Gasteiger partial charge in [0, 0.05) is 18.5 Å². The van der Waals surface area contributed by atoms with Crippen LogP contribution in [0.15, 0.2) is 12.1 Å². The van der Waals surface area contributed by atoms with Crippen LogP contribution < -0.4 is 5.32 Å². The molecule has 16 heavy (non-hydrogen) atoms. The fourth-order valence-electron chi connectivity index (χ4n) is 1.86. The average molecular weight is 227 g/mol. The fourth-order valence-corrected chi connectivity index (χ4v) is 1.86. The first-order chi connectivity index (χ1) is 7.63. The summed E-state index contributed by atoms with van der Waals surface area (Å²) in [4.78, 5) is 11.3. The number of hydrogen-bond acceptors (Lipinski definition) is 3. The van der Waals surface area contributed by atoms with Crippen LogP contribution in [-0.4, -0.2) is 19.1 Å². The molecule has 86 valence electrons. The molecule has 0 radical (unpaired) electrons. The highest BCUT2D eigenvalue weighted by atomic mass is 19.1. The summed E-state index contributed by atoms with van der Waals surface area (Å²) < 4.78 is 31.3. The predicted octanol–water partition coefficient (Wildman–Crippen LogP) is 1.15. The summed E-state index contributed by atoms with van der Waals surface area (Å²) in [5.41, 5.74) is 0.550. The van der Waals surface area contributed by atoms with Crippen molar-refractivity contribution in [3.8, 4) is 0 Å². The number of carbonyl (C=O) groups is 1. The summed E-state index contributed by atoms with van der Waals surface area (Å²) in [7, 11) is 1.27. The van der Waals surface area contributed by atoms with Crippen LogP contribution >= 0.6 is 0 Å². The minimum absolute atomic E-state index is 0.117. The van der Waals surface area contributed by atoms with E-state index in [1.807, 2.05) is 0 Å². The molecule has 0 aliphatic carbocycles. The molecule has 1 heterocycles. The summed E-state index contributed by atoms with van der Waals surface area (Å²) in [5, 5.41) is 2.81. The third kappa shape index (κ3) is 1.78. The van der Waals surface area contributed by atoms with Crippen LogP contribution in [0.2, 0.25) is 0 Å². The van der Waals surface area contributed by atoms with Gasteiger partial charge in [-0.05, 0) is 17.7 Å². The quantitative estimate of drug-likeness (QED) is 0.731. The van der Waals surface area contributed by atoms with Gasteiger partial charge in [-0.3, -0.25) is 10.1 Å². The first kappa shape index (κ1) is 11.0. The van der Waals surface area contributed by atoms with E-state index in [4.69, 9.17) is 0 Å². The minimum Gasteiger partial charge on any atom is -0.468 e. The molecule has 5 heteroatoms. The number of methoxy groups -OCH3 is 1. The molecule has 0 amide bonds. The maximum absolute atomic E-state index is 13.4. The first-order valence-corrected chi connectivity index (χ1v) is 4.90. The van der Waals surface area contributed by atoms with Crippen LogP contribution in [0.5, 0.6) is 0 Å². The Kier molecular flexibility index (Phi) is 2.87. The van der Waals surface area contributed by atoms with Crippen molar-refractivity contribution in [2.24, 2.45) is 0 Å². The van der Waals surface area contributed by atoms with Crippen LogP contribution in [0.3, 0.4) is 0 Å². The molecule has 1 aliphatic rings. The summed E-state index contributed by atoms with van der Waals surface area (Å²) in [5.74, 6) is -1.40. The number of carbonyl (C=O) groups excluding carboxylic acids is 1. The number of fused-ring (bicyclic) bond motifs is 1. The van der Waals surface area contributed by atoms with Gasteiger partial charge in [0.05, 0.1) is 7.11 Å². The van der Waals surface area contributed by atoms with E-state index in [1.54, 1.807) is 0 Å². The van der Waals surface area contributed by atoms with Crippen LogP contribution in [0.25, 0.3) is 0 Å². The molecule has 1 aromatic rings. The Hall–Kier alpha value is -1.49. The monoisotopic (exact) mass is 227 g/mol. The molecule has 1 N–H and O–H groups in total. The Morgan fingerprint density at radius 2 is 2.00 bits per heavy atom. The zero-order valence-electron chi connectivity index (χ0n) is 8.72. The molecular weight excluding hydrogens is 216 g/mol. The summed E-state index contributed by atoms with van der Waals surface area (Å²) in [6.07, 6.45) is 0.117. The van der Waals surface area contributed by atoms with E-state index < -0.39 is 23.6 Å². The van der Waals surface area contributed by atoms with E-state index in [2.05, 4.69) is 10.1 Å².